The van der Waals surface area contributed by atoms with E-state index >= 15 is 0 Å². The third kappa shape index (κ3) is 9.46. The summed E-state index contributed by atoms with van der Waals surface area (Å²) in [5.74, 6) is -4.55. The average Bonchev–Trinajstić information content (AvgIpc) is 3.79. The van der Waals surface area contributed by atoms with Gasteiger partial charge in [-0.2, -0.15) is 10.2 Å². The molecule has 2 saturated carbocycles. The predicted octanol–water partition coefficient (Wildman–Crippen LogP) is 6.73. The van der Waals surface area contributed by atoms with E-state index in [1.807, 2.05) is 0 Å². The van der Waals surface area contributed by atoms with Gasteiger partial charge in [0.1, 0.15) is 18.1 Å². The Morgan fingerprint density at radius 3 is 1.67 bits per heavy atom. The highest BCUT2D eigenvalue weighted by Crippen LogP contribution is 2.38. The minimum atomic E-state index is -2.64. The summed E-state index contributed by atoms with van der Waals surface area (Å²) >= 11 is 5.76. The van der Waals surface area contributed by atoms with Crippen LogP contribution in [-0.4, -0.2) is 76.9 Å². The smallest absolute Gasteiger partial charge is 0.324 e. The van der Waals surface area contributed by atoms with E-state index in [-0.39, 0.29) is 72.1 Å². The van der Waals surface area contributed by atoms with Crippen molar-refractivity contribution in [1.82, 2.24) is 49.1 Å². The Bertz CT molecular complexity index is 2310. The second-order valence-electron chi connectivity index (χ2n) is 13.0. The molecule has 0 atom stereocenters. The summed E-state index contributed by atoms with van der Waals surface area (Å²) in [6.07, 6.45) is 16.6. The molecule has 288 valence electrons. The number of nitrogens with zero attached hydrogens (tertiary/aromatic N) is 12. The lowest BCUT2D eigenvalue weighted by Gasteiger charge is -2.27. The van der Waals surface area contributed by atoms with Crippen LogP contribution in [0.4, 0.5) is 28.9 Å². The SMILES string of the molecule is NC1CCC(F)(F)CC1.O=[N+]([O-])c1cnc(-c2cnn3ccncc23)nc1CC1CCC(F)(F)CC1.O=[N+]([O-])c1cnc(-c2cnn3ccncc23)nc1Cl. The molecule has 0 aromatic carbocycles. The molecular formula is C33H32ClF4N13O4. The summed E-state index contributed by atoms with van der Waals surface area (Å²) in [5.41, 5.74) is 7.74. The topological polar surface area (TPSA) is 224 Å². The fraction of sp³-hybridized carbons (Fsp3) is 0.394. The minimum absolute atomic E-state index is 0.0182. The van der Waals surface area contributed by atoms with Gasteiger partial charge in [-0.25, -0.2) is 46.5 Å². The molecular weight excluding hydrogens is 754 g/mol. The van der Waals surface area contributed by atoms with E-state index in [1.165, 1.54) is 6.20 Å². The van der Waals surface area contributed by atoms with Gasteiger partial charge in [0.25, 0.3) is 0 Å². The van der Waals surface area contributed by atoms with Crippen LogP contribution in [0.2, 0.25) is 5.15 Å². The summed E-state index contributed by atoms with van der Waals surface area (Å²) < 4.78 is 54.6. The standard InChI is InChI=1S/C17H16F2N6O2.C10H5ClN6O2.C6H11F2N/c18-17(19)3-1-11(2-4-17)7-13-15(25(26)27)10-21-16(23-13)12-8-22-24-6-5-20-9-14(12)24;11-9-8(17(18)19)5-13-10(15-9)6-3-14-16-2-1-12-4-7(6)16;7-6(8)3-1-5(9)2-4-6/h5-6,8-11H,1-4,7H2;1-5H;5H,1-4,9H2. The van der Waals surface area contributed by atoms with Crippen LogP contribution in [0.15, 0.2) is 62.0 Å². The molecule has 0 aliphatic heterocycles. The van der Waals surface area contributed by atoms with E-state index in [1.54, 1.807) is 58.6 Å². The van der Waals surface area contributed by atoms with Gasteiger partial charge in [0, 0.05) is 56.5 Å². The first-order valence-corrected chi connectivity index (χ1v) is 17.3. The second-order valence-corrected chi connectivity index (χ2v) is 13.4. The van der Waals surface area contributed by atoms with Crippen molar-refractivity contribution in [2.45, 2.75) is 75.7 Å². The number of aromatic nitrogens is 10. The van der Waals surface area contributed by atoms with Crippen molar-refractivity contribution in [2.75, 3.05) is 0 Å². The van der Waals surface area contributed by atoms with Crippen LogP contribution in [0.5, 0.6) is 0 Å². The zero-order valence-corrected chi connectivity index (χ0v) is 29.5. The number of fused-ring (bicyclic) bond motifs is 2. The lowest BCUT2D eigenvalue weighted by Crippen LogP contribution is -2.32. The molecule has 0 bridgehead atoms. The highest BCUT2D eigenvalue weighted by Gasteiger charge is 2.36. The number of hydrogen-bond acceptors (Lipinski definition) is 13. The molecule has 55 heavy (non-hydrogen) atoms. The molecule has 6 heterocycles. The van der Waals surface area contributed by atoms with Gasteiger partial charge in [0.2, 0.25) is 17.0 Å². The fourth-order valence-electron chi connectivity index (χ4n) is 6.10. The number of nitrogens with two attached hydrogens (primary N) is 1. The molecule has 6 aromatic heterocycles. The first-order chi connectivity index (χ1) is 26.2. The Labute approximate surface area is 313 Å². The Balaban J connectivity index is 0.000000159. The van der Waals surface area contributed by atoms with Gasteiger partial charge < -0.3 is 5.73 Å². The van der Waals surface area contributed by atoms with Crippen molar-refractivity contribution in [3.8, 4) is 22.8 Å². The molecule has 0 spiro atoms. The maximum absolute atomic E-state index is 13.4. The van der Waals surface area contributed by atoms with E-state index in [0.717, 1.165) is 6.20 Å². The van der Waals surface area contributed by atoms with Crippen LogP contribution >= 0.6 is 11.6 Å². The average molecular weight is 786 g/mol. The summed E-state index contributed by atoms with van der Waals surface area (Å²) in [6, 6.07) is 0.0182. The van der Waals surface area contributed by atoms with Crippen molar-refractivity contribution in [2.24, 2.45) is 11.7 Å². The quantitative estimate of drug-likeness (QED) is 0.0801. The van der Waals surface area contributed by atoms with Gasteiger partial charge in [-0.3, -0.25) is 30.2 Å². The molecule has 2 aliphatic carbocycles. The van der Waals surface area contributed by atoms with Crippen molar-refractivity contribution in [3.63, 3.8) is 0 Å². The molecule has 0 amide bonds. The molecule has 8 rings (SSSR count). The zero-order chi connectivity index (χ0) is 39.3. The number of hydrogen-bond donors (Lipinski definition) is 1. The van der Waals surface area contributed by atoms with Gasteiger partial charge in [0.05, 0.1) is 56.8 Å². The lowest BCUT2D eigenvalue weighted by molar-refractivity contribution is -0.386. The second kappa shape index (κ2) is 16.3. The first-order valence-electron chi connectivity index (χ1n) is 16.9. The molecule has 2 fully saturated rings. The van der Waals surface area contributed by atoms with Crippen LogP contribution in [0, 0.1) is 26.1 Å². The highest BCUT2D eigenvalue weighted by molar-refractivity contribution is 6.31. The maximum Gasteiger partial charge on any atom is 0.324 e. The Hall–Kier alpha value is -5.83. The normalized spacial score (nSPS) is 16.8. The maximum atomic E-state index is 13.4. The van der Waals surface area contributed by atoms with Gasteiger partial charge in [-0.15, -0.1) is 0 Å². The molecule has 0 saturated heterocycles. The number of nitro groups is 2. The molecule has 2 N–H and O–H groups in total. The molecule has 22 heteroatoms. The molecule has 6 aromatic rings. The molecule has 17 nitrogen and oxygen atoms in total. The summed E-state index contributed by atoms with van der Waals surface area (Å²) in [5, 5.41) is 30.1. The van der Waals surface area contributed by atoms with Crippen LogP contribution in [0.3, 0.4) is 0 Å². The van der Waals surface area contributed by atoms with Crippen LogP contribution in [-0.2, 0) is 6.42 Å². The third-order valence-corrected chi connectivity index (χ3v) is 9.45. The Morgan fingerprint density at radius 2 is 1.20 bits per heavy atom. The fourth-order valence-corrected chi connectivity index (χ4v) is 6.30. The Morgan fingerprint density at radius 1 is 0.727 bits per heavy atom. The number of halogens is 5. The van der Waals surface area contributed by atoms with E-state index in [0.29, 0.717) is 53.7 Å². The predicted molar refractivity (Wildman–Crippen MR) is 188 cm³/mol. The van der Waals surface area contributed by atoms with E-state index in [2.05, 4.69) is 40.1 Å². The number of alkyl halides is 4. The van der Waals surface area contributed by atoms with Crippen molar-refractivity contribution in [3.05, 3.63) is 93.0 Å². The van der Waals surface area contributed by atoms with Crippen molar-refractivity contribution < 1.29 is 27.4 Å². The molecule has 2 aliphatic rings. The molecule has 0 unspecified atom stereocenters. The molecule has 0 radical (unpaired) electrons. The van der Waals surface area contributed by atoms with Gasteiger partial charge >= 0.3 is 11.4 Å². The highest BCUT2D eigenvalue weighted by atomic mass is 35.5. The van der Waals surface area contributed by atoms with Crippen molar-refractivity contribution >= 4 is 34.0 Å². The third-order valence-electron chi connectivity index (χ3n) is 9.18. The largest absolute Gasteiger partial charge is 0.328 e. The van der Waals surface area contributed by atoms with Crippen LogP contribution in [0.25, 0.3) is 33.8 Å². The zero-order valence-electron chi connectivity index (χ0n) is 28.8. The van der Waals surface area contributed by atoms with Gasteiger partial charge in [-0.1, -0.05) is 11.6 Å². The lowest BCUT2D eigenvalue weighted by atomic mass is 9.84. The first kappa shape index (κ1) is 38.9. The summed E-state index contributed by atoms with van der Waals surface area (Å²) in [7, 11) is 0. The van der Waals surface area contributed by atoms with Gasteiger partial charge in [-0.05, 0) is 38.0 Å². The van der Waals surface area contributed by atoms with Crippen molar-refractivity contribution in [1.29, 1.82) is 0 Å². The van der Waals surface area contributed by atoms with Crippen LogP contribution in [0.1, 0.15) is 57.1 Å². The minimum Gasteiger partial charge on any atom is -0.328 e. The number of rotatable bonds is 6. The van der Waals surface area contributed by atoms with Crippen LogP contribution < -0.4 is 5.73 Å². The monoisotopic (exact) mass is 785 g/mol. The Kier molecular flexibility index (Phi) is 11.5. The van der Waals surface area contributed by atoms with E-state index in [9.17, 15) is 37.8 Å². The van der Waals surface area contributed by atoms with E-state index < -0.39 is 21.7 Å². The summed E-state index contributed by atoms with van der Waals surface area (Å²) in [6.45, 7) is 0. The summed E-state index contributed by atoms with van der Waals surface area (Å²) in [4.78, 5) is 45.2. The van der Waals surface area contributed by atoms with E-state index in [4.69, 9.17) is 17.3 Å². The van der Waals surface area contributed by atoms with Gasteiger partial charge in [0.15, 0.2) is 11.6 Å².